The van der Waals surface area contributed by atoms with Crippen molar-refractivity contribution < 1.29 is 18.0 Å². The quantitative estimate of drug-likeness (QED) is 0.412. The van der Waals surface area contributed by atoms with E-state index in [1.165, 1.54) is 6.07 Å². The van der Waals surface area contributed by atoms with Gasteiger partial charge in [-0.25, -0.2) is 13.6 Å². The van der Waals surface area contributed by atoms with Gasteiger partial charge in [0.1, 0.15) is 0 Å². The predicted molar refractivity (Wildman–Crippen MR) is 139 cm³/mol. The molecule has 0 spiro atoms. The molecule has 0 aliphatic heterocycles. The minimum Gasteiger partial charge on any atom is -0.352 e. The standard InChI is InChI=1S/C27H28ClN3O4S/c28-21-14-10-19(11-15-21)17-31-27(33)24-6-3-5-23(24)26(32)30-16-18-8-12-20(13-9-18)22-4-1-2-7-25(22)36(29,34)35/h1-2,4,7-15,23-24H,3,5-6,16-17H2,(H,30,32)(H,31,33)(H2,29,34,35)/t23-,24-/m1/s1. The number of rotatable bonds is 8. The summed E-state index contributed by atoms with van der Waals surface area (Å²) in [5.41, 5.74) is 3.04. The molecule has 4 N–H and O–H groups in total. The molecule has 0 saturated heterocycles. The first-order valence-corrected chi connectivity index (χ1v) is 13.7. The van der Waals surface area contributed by atoms with E-state index < -0.39 is 10.0 Å². The monoisotopic (exact) mass is 525 g/mol. The molecular weight excluding hydrogens is 498 g/mol. The number of carbonyl (C=O) groups excluding carboxylic acids is 2. The molecule has 2 amide bonds. The van der Waals surface area contributed by atoms with Gasteiger partial charge in [-0.2, -0.15) is 0 Å². The second-order valence-corrected chi connectivity index (χ2v) is 10.9. The van der Waals surface area contributed by atoms with Crippen LogP contribution < -0.4 is 15.8 Å². The van der Waals surface area contributed by atoms with Gasteiger partial charge in [0.15, 0.2) is 0 Å². The Bertz CT molecular complexity index is 1340. The zero-order valence-corrected chi connectivity index (χ0v) is 21.2. The van der Waals surface area contributed by atoms with Crippen LogP contribution in [0.1, 0.15) is 30.4 Å². The Morgan fingerprint density at radius 2 is 1.31 bits per heavy atom. The Hall–Kier alpha value is -3.20. The lowest BCUT2D eigenvalue weighted by Gasteiger charge is -2.19. The average Bonchev–Trinajstić information content (AvgIpc) is 3.37. The van der Waals surface area contributed by atoms with Gasteiger partial charge in [0, 0.05) is 35.5 Å². The second kappa shape index (κ2) is 11.2. The molecule has 0 bridgehead atoms. The maximum absolute atomic E-state index is 12.9. The van der Waals surface area contributed by atoms with E-state index in [0.29, 0.717) is 42.1 Å². The summed E-state index contributed by atoms with van der Waals surface area (Å²) in [6, 6.07) is 21.1. The summed E-state index contributed by atoms with van der Waals surface area (Å²) in [6.45, 7) is 0.702. The van der Waals surface area contributed by atoms with Gasteiger partial charge < -0.3 is 10.6 Å². The minimum atomic E-state index is -3.85. The van der Waals surface area contributed by atoms with Gasteiger partial charge in [0.05, 0.1) is 4.90 Å². The van der Waals surface area contributed by atoms with E-state index in [2.05, 4.69) is 10.6 Å². The molecule has 1 aliphatic carbocycles. The summed E-state index contributed by atoms with van der Waals surface area (Å²) in [5.74, 6) is -0.964. The summed E-state index contributed by atoms with van der Waals surface area (Å²) in [4.78, 5) is 25.7. The first kappa shape index (κ1) is 25.9. The third-order valence-electron chi connectivity index (χ3n) is 6.49. The Labute approximate surface area is 216 Å². The highest BCUT2D eigenvalue weighted by molar-refractivity contribution is 7.89. The molecule has 0 unspecified atom stereocenters. The van der Waals surface area contributed by atoms with Crippen molar-refractivity contribution in [3.05, 3.63) is 88.9 Å². The van der Waals surface area contributed by atoms with E-state index in [9.17, 15) is 18.0 Å². The van der Waals surface area contributed by atoms with Crippen molar-refractivity contribution in [1.82, 2.24) is 10.6 Å². The Kier molecular flexibility index (Phi) is 8.08. The lowest BCUT2D eigenvalue weighted by Crippen LogP contribution is -2.39. The fourth-order valence-corrected chi connectivity index (χ4v) is 5.47. The van der Waals surface area contributed by atoms with Gasteiger partial charge in [0.25, 0.3) is 0 Å². The molecule has 36 heavy (non-hydrogen) atoms. The van der Waals surface area contributed by atoms with E-state index >= 15 is 0 Å². The third-order valence-corrected chi connectivity index (χ3v) is 7.72. The van der Waals surface area contributed by atoms with E-state index in [0.717, 1.165) is 17.5 Å². The highest BCUT2D eigenvalue weighted by atomic mass is 35.5. The number of hydrogen-bond acceptors (Lipinski definition) is 4. The van der Waals surface area contributed by atoms with E-state index in [-0.39, 0.29) is 28.5 Å². The molecule has 1 saturated carbocycles. The molecule has 1 aliphatic rings. The lowest BCUT2D eigenvalue weighted by atomic mass is 9.94. The second-order valence-electron chi connectivity index (χ2n) is 8.94. The van der Waals surface area contributed by atoms with Gasteiger partial charge in [-0.05, 0) is 47.7 Å². The number of primary sulfonamides is 1. The minimum absolute atomic E-state index is 0.0627. The maximum Gasteiger partial charge on any atom is 0.238 e. The zero-order chi connectivity index (χ0) is 25.7. The third kappa shape index (κ3) is 6.32. The number of hydrogen-bond donors (Lipinski definition) is 3. The summed E-state index contributed by atoms with van der Waals surface area (Å²) < 4.78 is 23.8. The summed E-state index contributed by atoms with van der Waals surface area (Å²) in [5, 5.41) is 11.9. The summed E-state index contributed by atoms with van der Waals surface area (Å²) >= 11 is 5.91. The molecule has 3 aromatic rings. The number of carbonyl (C=O) groups is 2. The highest BCUT2D eigenvalue weighted by Crippen LogP contribution is 2.32. The number of nitrogens with two attached hydrogens (primary N) is 1. The summed E-state index contributed by atoms with van der Waals surface area (Å²) in [7, 11) is -3.85. The highest BCUT2D eigenvalue weighted by Gasteiger charge is 2.37. The largest absolute Gasteiger partial charge is 0.352 e. The Morgan fingerprint density at radius 3 is 1.83 bits per heavy atom. The Balaban J connectivity index is 1.34. The maximum atomic E-state index is 12.9. The van der Waals surface area contributed by atoms with Crippen molar-refractivity contribution in [2.75, 3.05) is 0 Å². The zero-order valence-electron chi connectivity index (χ0n) is 19.6. The predicted octanol–water partition coefficient (Wildman–Crippen LogP) is 4.00. The lowest BCUT2D eigenvalue weighted by molar-refractivity contribution is -0.133. The van der Waals surface area contributed by atoms with Crippen LogP contribution >= 0.6 is 11.6 Å². The van der Waals surface area contributed by atoms with Crippen molar-refractivity contribution in [2.45, 2.75) is 37.2 Å². The average molecular weight is 526 g/mol. The van der Waals surface area contributed by atoms with E-state index in [1.54, 1.807) is 42.5 Å². The van der Waals surface area contributed by atoms with Crippen LogP contribution in [0.3, 0.4) is 0 Å². The fourth-order valence-electron chi connectivity index (χ4n) is 4.59. The molecule has 3 aromatic carbocycles. The fraction of sp³-hybridized carbons (Fsp3) is 0.259. The van der Waals surface area contributed by atoms with Crippen LogP contribution in [0.2, 0.25) is 5.02 Å². The molecular formula is C27H28ClN3O4S. The van der Waals surface area contributed by atoms with Crippen molar-refractivity contribution in [1.29, 1.82) is 0 Å². The first-order valence-electron chi connectivity index (χ1n) is 11.7. The number of benzene rings is 3. The topological polar surface area (TPSA) is 118 Å². The van der Waals surface area contributed by atoms with Crippen LogP contribution in [0, 0.1) is 11.8 Å². The smallest absolute Gasteiger partial charge is 0.238 e. The molecule has 4 rings (SSSR count). The van der Waals surface area contributed by atoms with Crippen LogP contribution in [-0.2, 0) is 32.7 Å². The molecule has 188 valence electrons. The van der Waals surface area contributed by atoms with Gasteiger partial charge in [-0.1, -0.05) is 72.6 Å². The van der Waals surface area contributed by atoms with Gasteiger partial charge in [-0.3, -0.25) is 9.59 Å². The number of nitrogens with one attached hydrogen (secondary N) is 2. The first-order chi connectivity index (χ1) is 17.2. The molecule has 1 fully saturated rings. The van der Waals surface area contributed by atoms with Crippen LogP contribution in [-0.4, -0.2) is 20.2 Å². The van der Waals surface area contributed by atoms with Crippen molar-refractivity contribution >= 4 is 33.4 Å². The molecule has 9 heteroatoms. The number of amides is 2. The number of halogens is 1. The van der Waals surface area contributed by atoms with Crippen molar-refractivity contribution in [2.24, 2.45) is 17.0 Å². The van der Waals surface area contributed by atoms with Crippen molar-refractivity contribution in [3.63, 3.8) is 0 Å². The van der Waals surface area contributed by atoms with E-state index in [4.69, 9.17) is 16.7 Å². The van der Waals surface area contributed by atoms with Crippen LogP contribution in [0.5, 0.6) is 0 Å². The Morgan fingerprint density at radius 1 is 0.806 bits per heavy atom. The SMILES string of the molecule is NS(=O)(=O)c1ccccc1-c1ccc(CNC(=O)[C@@H]2CCC[C@H]2C(=O)NCc2ccc(Cl)cc2)cc1. The molecule has 0 aromatic heterocycles. The normalized spacial score (nSPS) is 17.5. The number of sulfonamides is 1. The molecule has 0 radical (unpaired) electrons. The van der Waals surface area contributed by atoms with E-state index in [1.807, 2.05) is 24.3 Å². The van der Waals surface area contributed by atoms with Crippen molar-refractivity contribution in [3.8, 4) is 11.1 Å². The van der Waals surface area contributed by atoms with Crippen LogP contribution in [0.15, 0.2) is 77.7 Å². The van der Waals surface area contributed by atoms with Crippen LogP contribution in [0.25, 0.3) is 11.1 Å². The molecule has 2 atom stereocenters. The molecule has 0 heterocycles. The van der Waals surface area contributed by atoms with Gasteiger partial charge in [0.2, 0.25) is 21.8 Å². The van der Waals surface area contributed by atoms with Crippen LogP contribution in [0.4, 0.5) is 0 Å². The summed E-state index contributed by atoms with van der Waals surface area (Å²) in [6.07, 6.45) is 2.19. The molecule has 7 nitrogen and oxygen atoms in total. The van der Waals surface area contributed by atoms with Gasteiger partial charge in [-0.15, -0.1) is 0 Å². The van der Waals surface area contributed by atoms with Gasteiger partial charge >= 0.3 is 0 Å².